The van der Waals surface area contributed by atoms with Crippen LogP contribution in [0.15, 0.2) is 42.5 Å². The molecule has 2 amide bonds. The number of benzene rings is 2. The van der Waals surface area contributed by atoms with Crippen LogP contribution in [-0.2, 0) is 26.2 Å². The fraction of sp³-hybridized carbons (Fsp3) is 0.500. The quantitative estimate of drug-likeness (QED) is 0.324. The molecule has 0 heterocycles. The Labute approximate surface area is 230 Å². The molecule has 39 heavy (non-hydrogen) atoms. The Bertz CT molecular complexity index is 1310. The van der Waals surface area contributed by atoms with Crippen LogP contribution >= 0.6 is 0 Å². The summed E-state index contributed by atoms with van der Waals surface area (Å²) < 4.78 is 26.6. The minimum absolute atomic E-state index is 0.0512. The van der Waals surface area contributed by atoms with Crippen LogP contribution in [0.2, 0.25) is 0 Å². The molecule has 0 unspecified atom stereocenters. The van der Waals surface area contributed by atoms with Crippen molar-refractivity contribution in [2.24, 2.45) is 0 Å². The molecule has 10 nitrogen and oxygen atoms in total. The molecule has 1 atom stereocenters. The van der Waals surface area contributed by atoms with Crippen LogP contribution in [0.25, 0.3) is 0 Å². The molecular weight excluding hydrogens is 520 g/mol. The normalized spacial score (nSPS) is 14.9. The van der Waals surface area contributed by atoms with Crippen LogP contribution in [0.1, 0.15) is 62.1 Å². The van der Waals surface area contributed by atoms with E-state index in [0.717, 1.165) is 59.9 Å². The Balaban J connectivity index is 1.97. The summed E-state index contributed by atoms with van der Waals surface area (Å²) in [4.78, 5) is 39.6. The number of anilines is 1. The highest BCUT2D eigenvalue weighted by atomic mass is 32.2. The van der Waals surface area contributed by atoms with E-state index >= 15 is 0 Å². The largest absolute Gasteiger partial charge is 0.352 e. The van der Waals surface area contributed by atoms with E-state index in [-0.39, 0.29) is 29.9 Å². The number of nitro groups is 1. The van der Waals surface area contributed by atoms with Gasteiger partial charge in [0.05, 0.1) is 16.9 Å². The van der Waals surface area contributed by atoms with E-state index in [9.17, 15) is 28.1 Å². The number of aryl methyl sites for hydroxylation is 2. The van der Waals surface area contributed by atoms with Crippen molar-refractivity contribution in [1.29, 1.82) is 0 Å². The van der Waals surface area contributed by atoms with Crippen molar-refractivity contribution in [3.63, 3.8) is 0 Å². The number of carbonyl (C=O) groups is 2. The number of nitrogens with zero attached hydrogens (tertiary/aromatic N) is 3. The van der Waals surface area contributed by atoms with Crippen LogP contribution in [-0.4, -0.2) is 54.9 Å². The molecule has 1 aliphatic carbocycles. The third kappa shape index (κ3) is 8.01. The first-order chi connectivity index (χ1) is 18.4. The summed E-state index contributed by atoms with van der Waals surface area (Å²) in [5, 5.41) is 14.5. The zero-order chi connectivity index (χ0) is 28.7. The summed E-state index contributed by atoms with van der Waals surface area (Å²) in [7, 11) is -4.00. The smallest absolute Gasteiger partial charge is 0.271 e. The number of hydrogen-bond acceptors (Lipinski definition) is 6. The lowest BCUT2D eigenvalue weighted by Crippen LogP contribution is -2.54. The van der Waals surface area contributed by atoms with Crippen LogP contribution in [0.5, 0.6) is 0 Å². The first-order valence-corrected chi connectivity index (χ1v) is 15.1. The fourth-order valence-electron chi connectivity index (χ4n) is 5.05. The van der Waals surface area contributed by atoms with Gasteiger partial charge in [-0.25, -0.2) is 8.42 Å². The van der Waals surface area contributed by atoms with Crippen molar-refractivity contribution in [1.82, 2.24) is 10.2 Å². The minimum atomic E-state index is -4.00. The molecule has 1 N–H and O–H groups in total. The Hall–Kier alpha value is -3.47. The third-order valence-electron chi connectivity index (χ3n) is 7.12. The molecule has 2 aromatic rings. The fourth-order valence-corrected chi connectivity index (χ4v) is 5.94. The van der Waals surface area contributed by atoms with Gasteiger partial charge in [0.25, 0.3) is 5.69 Å². The van der Waals surface area contributed by atoms with Crippen molar-refractivity contribution in [3.05, 3.63) is 69.3 Å². The van der Waals surface area contributed by atoms with E-state index in [4.69, 9.17) is 0 Å². The second-order valence-electron chi connectivity index (χ2n) is 10.3. The van der Waals surface area contributed by atoms with Gasteiger partial charge in [-0.1, -0.05) is 62.1 Å². The van der Waals surface area contributed by atoms with Gasteiger partial charge in [-0.05, 0) is 44.2 Å². The number of carbonyl (C=O) groups excluding carboxylic acids is 2. The monoisotopic (exact) mass is 558 g/mol. The van der Waals surface area contributed by atoms with E-state index in [1.54, 1.807) is 6.92 Å². The zero-order valence-corrected chi connectivity index (χ0v) is 23.9. The average Bonchev–Trinajstić information content (AvgIpc) is 2.87. The molecular formula is C28H38N4O6S. The number of amides is 2. The molecule has 0 radical (unpaired) electrons. The molecule has 3 rings (SSSR count). The van der Waals surface area contributed by atoms with E-state index < -0.39 is 33.4 Å². The van der Waals surface area contributed by atoms with Gasteiger partial charge in [-0.15, -0.1) is 0 Å². The molecule has 0 spiro atoms. The average molecular weight is 559 g/mol. The maximum atomic E-state index is 13.9. The van der Waals surface area contributed by atoms with Gasteiger partial charge < -0.3 is 10.2 Å². The van der Waals surface area contributed by atoms with Crippen LogP contribution in [0.4, 0.5) is 11.4 Å². The van der Waals surface area contributed by atoms with E-state index in [1.807, 2.05) is 38.1 Å². The highest BCUT2D eigenvalue weighted by Gasteiger charge is 2.33. The second-order valence-corrected chi connectivity index (χ2v) is 12.2. The van der Waals surface area contributed by atoms with Gasteiger partial charge in [-0.2, -0.15) is 0 Å². The zero-order valence-electron chi connectivity index (χ0n) is 23.1. The number of nitrogens with one attached hydrogen (secondary N) is 1. The van der Waals surface area contributed by atoms with Crippen LogP contribution in [0, 0.1) is 24.0 Å². The molecule has 2 aromatic carbocycles. The van der Waals surface area contributed by atoms with Gasteiger partial charge in [0.1, 0.15) is 12.6 Å². The molecule has 1 fully saturated rings. The summed E-state index contributed by atoms with van der Waals surface area (Å²) in [6.45, 7) is 4.89. The van der Waals surface area contributed by atoms with Gasteiger partial charge >= 0.3 is 0 Å². The Kier molecular flexibility index (Phi) is 10.1. The molecule has 1 aliphatic rings. The number of rotatable bonds is 11. The number of non-ortho nitro benzene ring substituents is 1. The maximum absolute atomic E-state index is 13.9. The lowest BCUT2D eigenvalue weighted by atomic mass is 9.95. The van der Waals surface area contributed by atoms with Gasteiger partial charge in [0.15, 0.2) is 0 Å². The topological polar surface area (TPSA) is 130 Å². The Morgan fingerprint density at radius 2 is 1.79 bits per heavy atom. The first kappa shape index (κ1) is 30.1. The Morgan fingerprint density at radius 1 is 1.10 bits per heavy atom. The van der Waals surface area contributed by atoms with E-state index in [1.165, 1.54) is 17.0 Å². The molecule has 0 saturated heterocycles. The predicted octanol–water partition coefficient (Wildman–Crippen LogP) is 4.23. The summed E-state index contributed by atoms with van der Waals surface area (Å²) in [5.41, 5.74) is 2.03. The molecule has 212 valence electrons. The van der Waals surface area contributed by atoms with Crippen molar-refractivity contribution < 1.29 is 22.9 Å². The van der Waals surface area contributed by atoms with Crippen LogP contribution < -0.4 is 9.62 Å². The van der Waals surface area contributed by atoms with Gasteiger partial charge in [-0.3, -0.25) is 24.0 Å². The highest BCUT2D eigenvalue weighted by molar-refractivity contribution is 7.92. The van der Waals surface area contributed by atoms with Crippen molar-refractivity contribution in [2.75, 3.05) is 17.1 Å². The third-order valence-corrected chi connectivity index (χ3v) is 8.25. The lowest BCUT2D eigenvalue weighted by molar-refractivity contribution is -0.384. The van der Waals surface area contributed by atoms with Crippen molar-refractivity contribution in [3.8, 4) is 0 Å². The number of sulfonamides is 1. The second kappa shape index (κ2) is 13.1. The summed E-state index contributed by atoms with van der Waals surface area (Å²) in [5.74, 6) is -0.832. The first-order valence-electron chi connectivity index (χ1n) is 13.3. The Morgan fingerprint density at radius 3 is 2.38 bits per heavy atom. The molecule has 11 heteroatoms. The molecule has 0 aromatic heterocycles. The van der Waals surface area contributed by atoms with Crippen molar-refractivity contribution in [2.45, 2.75) is 77.9 Å². The minimum Gasteiger partial charge on any atom is -0.352 e. The molecule has 1 saturated carbocycles. The SMILES string of the molecule is CC[C@H](C(=O)NC1CCCCC1)N(Cc1cccc(C)c1)C(=O)CN(c1cc([N+](=O)[O-])ccc1C)S(C)(=O)=O. The summed E-state index contributed by atoms with van der Waals surface area (Å²) in [6.07, 6.45) is 6.30. The van der Waals surface area contributed by atoms with Gasteiger partial charge in [0.2, 0.25) is 21.8 Å². The number of hydrogen-bond donors (Lipinski definition) is 1. The van der Waals surface area contributed by atoms with E-state index in [0.29, 0.717) is 12.0 Å². The molecule has 0 aliphatic heterocycles. The van der Waals surface area contributed by atoms with Gasteiger partial charge in [0, 0.05) is 24.7 Å². The number of nitro benzene ring substituents is 1. The summed E-state index contributed by atoms with van der Waals surface area (Å²) >= 11 is 0. The maximum Gasteiger partial charge on any atom is 0.271 e. The van der Waals surface area contributed by atoms with E-state index in [2.05, 4.69) is 5.32 Å². The molecule has 0 bridgehead atoms. The summed E-state index contributed by atoms with van der Waals surface area (Å²) in [6, 6.07) is 10.7. The highest BCUT2D eigenvalue weighted by Crippen LogP contribution is 2.28. The van der Waals surface area contributed by atoms with Crippen molar-refractivity contribution >= 4 is 33.2 Å². The predicted molar refractivity (Wildman–Crippen MR) is 151 cm³/mol. The van der Waals surface area contributed by atoms with Crippen LogP contribution in [0.3, 0.4) is 0 Å². The lowest BCUT2D eigenvalue weighted by Gasteiger charge is -2.34. The standard InChI is InChI=1S/C28H38N4O6S/c1-5-25(28(34)29-23-12-7-6-8-13-23)30(18-22-11-9-10-20(2)16-22)27(33)19-31(39(4,37)38)26-17-24(32(35)36)15-14-21(26)3/h9-11,14-17,23,25H,5-8,12-13,18-19H2,1-4H3,(H,29,34)/t25-/m1/s1.